The minimum absolute atomic E-state index is 0.0746. The van der Waals surface area contributed by atoms with Crippen LogP contribution in [0.5, 0.6) is 5.75 Å². The van der Waals surface area contributed by atoms with Gasteiger partial charge in [-0.3, -0.25) is 4.79 Å². The molecule has 0 saturated heterocycles. The first-order valence-electron chi connectivity index (χ1n) is 9.41. The highest BCUT2D eigenvalue weighted by molar-refractivity contribution is 7.99. The highest BCUT2D eigenvalue weighted by Crippen LogP contribution is 2.22. The molecule has 0 unspecified atom stereocenters. The number of hydrogen-bond donors (Lipinski definition) is 1. The van der Waals surface area contributed by atoms with Gasteiger partial charge in [0.25, 0.3) is 0 Å². The van der Waals surface area contributed by atoms with E-state index in [1.54, 1.807) is 0 Å². The Bertz CT molecular complexity index is 1030. The fourth-order valence-corrected chi connectivity index (χ4v) is 3.48. The Hall–Kier alpha value is -2.80. The van der Waals surface area contributed by atoms with E-state index in [1.807, 2.05) is 69.6 Å². The predicted molar refractivity (Wildman–Crippen MR) is 117 cm³/mol. The number of carbonyl (C=O) groups excluding carboxylic acids is 1. The standard InChI is InChI=1S/C22H26N4O2S/c1-14-6-7-16(3)19(10-14)28-12-20-24-25-22(26(20)5)29-13-21(27)23-18-9-8-15(2)17(4)11-18/h6-11H,12-13H2,1-5H3,(H,23,27). The van der Waals surface area contributed by atoms with Crippen molar-refractivity contribution in [2.75, 3.05) is 11.1 Å². The smallest absolute Gasteiger partial charge is 0.234 e. The lowest BCUT2D eigenvalue weighted by Crippen LogP contribution is -2.14. The summed E-state index contributed by atoms with van der Waals surface area (Å²) in [6, 6.07) is 12.0. The van der Waals surface area contributed by atoms with Gasteiger partial charge in [0.05, 0.1) is 5.75 Å². The minimum atomic E-state index is -0.0746. The van der Waals surface area contributed by atoms with Gasteiger partial charge >= 0.3 is 0 Å². The number of nitrogens with zero attached hydrogens (tertiary/aromatic N) is 3. The average Bonchev–Trinajstić information content (AvgIpc) is 3.03. The Kier molecular flexibility index (Phi) is 6.59. The average molecular weight is 411 g/mol. The van der Waals surface area contributed by atoms with Crippen molar-refractivity contribution in [2.45, 2.75) is 39.5 Å². The van der Waals surface area contributed by atoms with Crippen molar-refractivity contribution in [3.8, 4) is 5.75 Å². The topological polar surface area (TPSA) is 69.0 Å². The van der Waals surface area contributed by atoms with Gasteiger partial charge in [-0.1, -0.05) is 30.0 Å². The Morgan fingerprint density at radius 1 is 1.03 bits per heavy atom. The third-order valence-electron chi connectivity index (χ3n) is 4.75. The van der Waals surface area contributed by atoms with Crippen molar-refractivity contribution in [2.24, 2.45) is 7.05 Å². The number of hydrogen-bond acceptors (Lipinski definition) is 5. The van der Waals surface area contributed by atoms with Crippen LogP contribution >= 0.6 is 11.8 Å². The van der Waals surface area contributed by atoms with Crippen LogP contribution in [0.15, 0.2) is 41.6 Å². The molecular weight excluding hydrogens is 384 g/mol. The molecular formula is C22H26N4O2S. The lowest BCUT2D eigenvalue weighted by atomic mass is 10.1. The minimum Gasteiger partial charge on any atom is -0.485 e. The molecule has 0 aliphatic carbocycles. The number of aryl methyl sites for hydroxylation is 4. The van der Waals surface area contributed by atoms with E-state index in [-0.39, 0.29) is 11.7 Å². The van der Waals surface area contributed by atoms with Crippen LogP contribution in [0.3, 0.4) is 0 Å². The molecule has 0 atom stereocenters. The number of ether oxygens (including phenoxy) is 1. The van der Waals surface area contributed by atoms with Crippen LogP contribution in [-0.4, -0.2) is 26.4 Å². The van der Waals surface area contributed by atoms with Crippen LogP contribution in [0.2, 0.25) is 0 Å². The number of aromatic nitrogens is 3. The third kappa shape index (κ3) is 5.38. The molecule has 1 N–H and O–H groups in total. The molecule has 3 aromatic rings. The molecule has 1 heterocycles. The molecule has 29 heavy (non-hydrogen) atoms. The SMILES string of the molecule is Cc1ccc(C)c(OCc2nnc(SCC(=O)Nc3ccc(C)c(C)c3)n2C)c1. The van der Waals surface area contributed by atoms with E-state index in [4.69, 9.17) is 4.74 Å². The molecule has 0 aliphatic heterocycles. The van der Waals surface area contributed by atoms with Crippen molar-refractivity contribution in [1.82, 2.24) is 14.8 Å². The van der Waals surface area contributed by atoms with E-state index in [1.165, 1.54) is 17.3 Å². The molecule has 1 aromatic heterocycles. The molecule has 152 valence electrons. The number of nitrogens with one attached hydrogen (secondary N) is 1. The third-order valence-corrected chi connectivity index (χ3v) is 5.77. The molecule has 0 spiro atoms. The normalized spacial score (nSPS) is 10.8. The Labute approximate surface area is 175 Å². The molecule has 0 fully saturated rings. The van der Waals surface area contributed by atoms with E-state index in [0.717, 1.165) is 28.1 Å². The van der Waals surface area contributed by atoms with Crippen LogP contribution in [0, 0.1) is 27.7 Å². The monoisotopic (exact) mass is 410 g/mol. The molecule has 2 aromatic carbocycles. The molecule has 0 saturated carbocycles. The van der Waals surface area contributed by atoms with Crippen molar-refractivity contribution in [1.29, 1.82) is 0 Å². The summed E-state index contributed by atoms with van der Waals surface area (Å²) in [5.41, 5.74) is 5.38. The molecule has 0 radical (unpaired) electrons. The maximum Gasteiger partial charge on any atom is 0.234 e. The largest absolute Gasteiger partial charge is 0.485 e. The van der Waals surface area contributed by atoms with Gasteiger partial charge in [0.15, 0.2) is 11.0 Å². The Morgan fingerprint density at radius 3 is 2.55 bits per heavy atom. The highest BCUT2D eigenvalue weighted by Gasteiger charge is 2.13. The van der Waals surface area contributed by atoms with Gasteiger partial charge in [0.2, 0.25) is 5.91 Å². The summed E-state index contributed by atoms with van der Waals surface area (Å²) in [5.74, 6) is 1.74. The second kappa shape index (κ2) is 9.13. The maximum absolute atomic E-state index is 12.3. The number of rotatable bonds is 7. The van der Waals surface area contributed by atoms with Crippen LogP contribution in [-0.2, 0) is 18.4 Å². The molecule has 0 aliphatic rings. The summed E-state index contributed by atoms with van der Waals surface area (Å²) in [6.07, 6.45) is 0. The quantitative estimate of drug-likeness (QED) is 0.586. The van der Waals surface area contributed by atoms with Gasteiger partial charge in [-0.2, -0.15) is 0 Å². The number of carbonyl (C=O) groups is 1. The number of amides is 1. The molecule has 0 bridgehead atoms. The fraction of sp³-hybridized carbons (Fsp3) is 0.318. The molecule has 7 heteroatoms. The summed E-state index contributed by atoms with van der Waals surface area (Å²) < 4.78 is 7.77. The lowest BCUT2D eigenvalue weighted by molar-refractivity contribution is -0.113. The number of benzene rings is 2. The summed E-state index contributed by atoms with van der Waals surface area (Å²) in [5, 5.41) is 12.0. The zero-order valence-electron chi connectivity index (χ0n) is 17.4. The first kappa shape index (κ1) is 20.9. The second-order valence-corrected chi connectivity index (χ2v) is 8.09. The maximum atomic E-state index is 12.3. The van der Waals surface area contributed by atoms with Gasteiger partial charge < -0.3 is 14.6 Å². The van der Waals surface area contributed by atoms with E-state index < -0.39 is 0 Å². The summed E-state index contributed by atoms with van der Waals surface area (Å²) in [4.78, 5) is 12.3. The zero-order chi connectivity index (χ0) is 21.0. The van der Waals surface area contributed by atoms with Crippen LogP contribution in [0.1, 0.15) is 28.1 Å². The van der Waals surface area contributed by atoms with E-state index in [2.05, 4.69) is 21.6 Å². The molecule has 3 rings (SSSR count). The summed E-state index contributed by atoms with van der Waals surface area (Å²) >= 11 is 1.35. The van der Waals surface area contributed by atoms with Crippen molar-refractivity contribution in [3.63, 3.8) is 0 Å². The summed E-state index contributed by atoms with van der Waals surface area (Å²) in [6.45, 7) is 8.45. The van der Waals surface area contributed by atoms with Gasteiger partial charge in [0, 0.05) is 12.7 Å². The van der Waals surface area contributed by atoms with E-state index in [0.29, 0.717) is 17.6 Å². The van der Waals surface area contributed by atoms with Crippen molar-refractivity contribution >= 4 is 23.4 Å². The zero-order valence-corrected chi connectivity index (χ0v) is 18.3. The van der Waals surface area contributed by atoms with Gasteiger partial charge in [-0.05, 0) is 68.1 Å². The van der Waals surface area contributed by atoms with E-state index in [9.17, 15) is 4.79 Å². The second-order valence-electron chi connectivity index (χ2n) is 7.15. The van der Waals surface area contributed by atoms with Gasteiger partial charge in [0.1, 0.15) is 12.4 Å². The lowest BCUT2D eigenvalue weighted by Gasteiger charge is -2.10. The predicted octanol–water partition coefficient (Wildman–Crippen LogP) is 4.36. The van der Waals surface area contributed by atoms with Gasteiger partial charge in [-0.15, -0.1) is 10.2 Å². The van der Waals surface area contributed by atoms with E-state index >= 15 is 0 Å². The molecule has 6 nitrogen and oxygen atoms in total. The van der Waals surface area contributed by atoms with Crippen LogP contribution < -0.4 is 10.1 Å². The fourth-order valence-electron chi connectivity index (χ4n) is 2.75. The number of thioether (sulfide) groups is 1. The van der Waals surface area contributed by atoms with Crippen LogP contribution in [0.4, 0.5) is 5.69 Å². The Morgan fingerprint density at radius 2 is 1.79 bits per heavy atom. The van der Waals surface area contributed by atoms with Gasteiger partial charge in [-0.25, -0.2) is 0 Å². The first-order chi connectivity index (χ1) is 13.8. The highest BCUT2D eigenvalue weighted by atomic mass is 32.2. The van der Waals surface area contributed by atoms with Crippen molar-refractivity contribution < 1.29 is 9.53 Å². The Balaban J connectivity index is 1.55. The number of anilines is 1. The van der Waals surface area contributed by atoms with Crippen LogP contribution in [0.25, 0.3) is 0 Å². The van der Waals surface area contributed by atoms with Crippen molar-refractivity contribution in [3.05, 3.63) is 64.5 Å². The summed E-state index contributed by atoms with van der Waals surface area (Å²) in [7, 11) is 1.88. The molecule has 1 amide bonds. The first-order valence-corrected chi connectivity index (χ1v) is 10.4.